The molecule has 0 fully saturated rings. The standard InChI is InChI=1S/C15H13Br2NO2/c16-12-6-2-1-5-11(12)15(19)18-9-10-20-14-8-4-3-7-13(14)17/h1-8H,9-10H2,(H,18,19). The summed E-state index contributed by atoms with van der Waals surface area (Å²) in [6.07, 6.45) is 0. The molecular weight excluding hydrogens is 386 g/mol. The van der Waals surface area contributed by atoms with E-state index >= 15 is 0 Å². The first-order valence-electron chi connectivity index (χ1n) is 6.08. The van der Waals surface area contributed by atoms with E-state index in [9.17, 15) is 4.79 Å². The van der Waals surface area contributed by atoms with E-state index in [1.54, 1.807) is 6.07 Å². The van der Waals surface area contributed by atoms with Gasteiger partial charge in [0.15, 0.2) is 0 Å². The molecule has 0 spiro atoms. The maximum absolute atomic E-state index is 11.9. The molecule has 104 valence electrons. The third-order valence-electron chi connectivity index (χ3n) is 2.60. The van der Waals surface area contributed by atoms with Gasteiger partial charge < -0.3 is 10.1 Å². The number of carbonyl (C=O) groups is 1. The Balaban J connectivity index is 1.81. The normalized spacial score (nSPS) is 10.1. The molecule has 2 aromatic carbocycles. The summed E-state index contributed by atoms with van der Waals surface area (Å²) in [7, 11) is 0. The van der Waals surface area contributed by atoms with Crippen molar-refractivity contribution in [1.82, 2.24) is 5.32 Å². The summed E-state index contributed by atoms with van der Waals surface area (Å²) >= 11 is 6.76. The molecule has 2 aromatic rings. The van der Waals surface area contributed by atoms with Crippen LogP contribution in [0.2, 0.25) is 0 Å². The molecule has 0 heterocycles. The second-order valence-corrected chi connectivity index (χ2v) is 5.72. The SMILES string of the molecule is O=C(NCCOc1ccccc1Br)c1ccccc1Br. The average Bonchev–Trinajstić information content (AvgIpc) is 2.45. The molecule has 1 amide bonds. The van der Waals surface area contributed by atoms with Gasteiger partial charge in [0.25, 0.3) is 5.91 Å². The monoisotopic (exact) mass is 397 g/mol. The van der Waals surface area contributed by atoms with Crippen LogP contribution < -0.4 is 10.1 Å². The van der Waals surface area contributed by atoms with Crippen molar-refractivity contribution in [3.8, 4) is 5.75 Å². The number of amides is 1. The van der Waals surface area contributed by atoms with Gasteiger partial charge in [-0.1, -0.05) is 24.3 Å². The first-order chi connectivity index (χ1) is 9.68. The lowest BCUT2D eigenvalue weighted by molar-refractivity contribution is 0.0946. The largest absolute Gasteiger partial charge is 0.491 e. The Kier molecular flexibility index (Phi) is 5.61. The minimum Gasteiger partial charge on any atom is -0.491 e. The summed E-state index contributed by atoms with van der Waals surface area (Å²) in [6, 6.07) is 14.9. The molecule has 0 aliphatic rings. The van der Waals surface area contributed by atoms with Crippen molar-refractivity contribution in [2.24, 2.45) is 0 Å². The van der Waals surface area contributed by atoms with E-state index in [-0.39, 0.29) is 5.91 Å². The summed E-state index contributed by atoms with van der Waals surface area (Å²) in [4.78, 5) is 11.9. The van der Waals surface area contributed by atoms with Crippen molar-refractivity contribution in [3.05, 3.63) is 63.0 Å². The smallest absolute Gasteiger partial charge is 0.252 e. The third kappa shape index (κ3) is 4.08. The lowest BCUT2D eigenvalue weighted by atomic mass is 10.2. The number of nitrogens with one attached hydrogen (secondary N) is 1. The summed E-state index contributed by atoms with van der Waals surface area (Å²) in [5, 5.41) is 2.82. The molecule has 0 saturated heterocycles. The van der Waals surface area contributed by atoms with E-state index in [1.165, 1.54) is 0 Å². The van der Waals surface area contributed by atoms with Crippen LogP contribution >= 0.6 is 31.9 Å². The molecule has 3 nitrogen and oxygen atoms in total. The highest BCUT2D eigenvalue weighted by molar-refractivity contribution is 9.10. The third-order valence-corrected chi connectivity index (χ3v) is 3.95. The zero-order chi connectivity index (χ0) is 14.4. The molecule has 0 aromatic heterocycles. The van der Waals surface area contributed by atoms with Crippen LogP contribution in [0.5, 0.6) is 5.75 Å². The van der Waals surface area contributed by atoms with Gasteiger partial charge in [0.05, 0.1) is 16.6 Å². The van der Waals surface area contributed by atoms with Gasteiger partial charge >= 0.3 is 0 Å². The quantitative estimate of drug-likeness (QED) is 0.772. The number of rotatable bonds is 5. The van der Waals surface area contributed by atoms with Gasteiger partial charge in [0.1, 0.15) is 12.4 Å². The van der Waals surface area contributed by atoms with Crippen molar-refractivity contribution < 1.29 is 9.53 Å². The molecule has 0 unspecified atom stereocenters. The first kappa shape index (κ1) is 15.1. The Hall–Kier alpha value is -1.33. The van der Waals surface area contributed by atoms with Crippen LogP contribution in [-0.2, 0) is 0 Å². The molecule has 0 atom stereocenters. The van der Waals surface area contributed by atoms with E-state index in [0.29, 0.717) is 18.7 Å². The van der Waals surface area contributed by atoms with E-state index in [2.05, 4.69) is 37.2 Å². The minimum absolute atomic E-state index is 0.117. The Labute approximate surface area is 134 Å². The second-order valence-electron chi connectivity index (χ2n) is 4.01. The van der Waals surface area contributed by atoms with Crippen LogP contribution in [0.25, 0.3) is 0 Å². The molecular formula is C15H13Br2NO2. The highest BCUT2D eigenvalue weighted by Crippen LogP contribution is 2.23. The van der Waals surface area contributed by atoms with Crippen molar-refractivity contribution >= 4 is 37.8 Å². The van der Waals surface area contributed by atoms with E-state index in [1.807, 2.05) is 42.5 Å². The van der Waals surface area contributed by atoms with Crippen LogP contribution in [0.3, 0.4) is 0 Å². The number of benzene rings is 2. The van der Waals surface area contributed by atoms with Gasteiger partial charge in [-0.05, 0) is 56.1 Å². The van der Waals surface area contributed by atoms with Gasteiger partial charge in [-0.3, -0.25) is 4.79 Å². The van der Waals surface area contributed by atoms with Crippen molar-refractivity contribution in [2.75, 3.05) is 13.2 Å². The second kappa shape index (κ2) is 7.45. The number of hydrogen-bond acceptors (Lipinski definition) is 2. The lowest BCUT2D eigenvalue weighted by Gasteiger charge is -2.09. The summed E-state index contributed by atoms with van der Waals surface area (Å²) in [5.41, 5.74) is 0.619. The topological polar surface area (TPSA) is 38.3 Å². The maximum Gasteiger partial charge on any atom is 0.252 e. The summed E-state index contributed by atoms with van der Waals surface area (Å²) in [6.45, 7) is 0.861. The average molecular weight is 399 g/mol. The minimum atomic E-state index is -0.117. The Bertz CT molecular complexity index is 602. The molecule has 5 heteroatoms. The molecule has 1 N–H and O–H groups in total. The fourth-order valence-corrected chi connectivity index (χ4v) is 2.49. The van der Waals surface area contributed by atoms with Gasteiger partial charge in [0, 0.05) is 4.47 Å². The molecule has 2 rings (SSSR count). The highest BCUT2D eigenvalue weighted by atomic mass is 79.9. The lowest BCUT2D eigenvalue weighted by Crippen LogP contribution is -2.28. The Morgan fingerprint density at radius 1 is 1.00 bits per heavy atom. The number of para-hydroxylation sites is 1. The molecule has 0 radical (unpaired) electrons. The zero-order valence-corrected chi connectivity index (χ0v) is 13.8. The maximum atomic E-state index is 11.9. The van der Waals surface area contributed by atoms with Crippen molar-refractivity contribution in [1.29, 1.82) is 0 Å². The van der Waals surface area contributed by atoms with Crippen molar-refractivity contribution in [3.63, 3.8) is 0 Å². The Morgan fingerprint density at radius 2 is 1.65 bits per heavy atom. The number of halogens is 2. The molecule has 0 saturated carbocycles. The number of carbonyl (C=O) groups excluding carboxylic acids is 1. The fourth-order valence-electron chi connectivity index (χ4n) is 1.63. The first-order valence-corrected chi connectivity index (χ1v) is 7.67. The van der Waals surface area contributed by atoms with Crippen molar-refractivity contribution in [2.45, 2.75) is 0 Å². The van der Waals surface area contributed by atoms with Gasteiger partial charge in [0.2, 0.25) is 0 Å². The zero-order valence-electron chi connectivity index (χ0n) is 10.6. The fraction of sp³-hybridized carbons (Fsp3) is 0.133. The van der Waals surface area contributed by atoms with Gasteiger partial charge in [-0.15, -0.1) is 0 Å². The van der Waals surface area contributed by atoms with Crippen LogP contribution in [0.15, 0.2) is 57.5 Å². The molecule has 0 bridgehead atoms. The highest BCUT2D eigenvalue weighted by Gasteiger charge is 2.08. The Morgan fingerprint density at radius 3 is 2.35 bits per heavy atom. The predicted octanol–water partition coefficient (Wildman–Crippen LogP) is 4.02. The van der Waals surface area contributed by atoms with Crippen LogP contribution in [0.1, 0.15) is 10.4 Å². The molecule has 0 aliphatic heterocycles. The summed E-state index contributed by atoms with van der Waals surface area (Å²) < 4.78 is 7.26. The number of hydrogen-bond donors (Lipinski definition) is 1. The summed E-state index contributed by atoms with van der Waals surface area (Å²) in [5.74, 6) is 0.649. The van der Waals surface area contributed by atoms with Gasteiger partial charge in [-0.25, -0.2) is 0 Å². The van der Waals surface area contributed by atoms with Crippen LogP contribution in [-0.4, -0.2) is 19.1 Å². The number of ether oxygens (including phenoxy) is 1. The van der Waals surface area contributed by atoms with Crippen LogP contribution in [0, 0.1) is 0 Å². The predicted molar refractivity (Wildman–Crippen MR) is 86.1 cm³/mol. The van der Waals surface area contributed by atoms with E-state index < -0.39 is 0 Å². The molecule has 0 aliphatic carbocycles. The van der Waals surface area contributed by atoms with E-state index in [4.69, 9.17) is 4.74 Å². The van der Waals surface area contributed by atoms with E-state index in [0.717, 1.165) is 14.7 Å². The molecule has 20 heavy (non-hydrogen) atoms. The van der Waals surface area contributed by atoms with Crippen LogP contribution in [0.4, 0.5) is 0 Å². The van der Waals surface area contributed by atoms with Gasteiger partial charge in [-0.2, -0.15) is 0 Å².